The summed E-state index contributed by atoms with van der Waals surface area (Å²) >= 11 is 0. The summed E-state index contributed by atoms with van der Waals surface area (Å²) in [6.07, 6.45) is 0. The molecule has 0 saturated carbocycles. The molecule has 0 spiro atoms. The molecule has 1 rings (SSSR count). The average Bonchev–Trinajstić information content (AvgIpc) is 2.33. The van der Waals surface area contributed by atoms with Crippen molar-refractivity contribution in [1.82, 2.24) is 5.32 Å². The van der Waals surface area contributed by atoms with Crippen LogP contribution in [-0.4, -0.2) is 30.1 Å². The quantitative estimate of drug-likeness (QED) is 0.887. The summed E-state index contributed by atoms with van der Waals surface area (Å²) in [5, 5.41) is 11.5. The van der Waals surface area contributed by atoms with Crippen molar-refractivity contribution in [2.45, 2.75) is 26.8 Å². The van der Waals surface area contributed by atoms with Gasteiger partial charge in [0.25, 0.3) is 5.91 Å². The van der Waals surface area contributed by atoms with E-state index in [9.17, 15) is 14.0 Å². The number of halogens is 1. The van der Waals surface area contributed by atoms with Gasteiger partial charge in [-0.25, -0.2) is 9.18 Å². The van der Waals surface area contributed by atoms with Gasteiger partial charge >= 0.3 is 5.97 Å². The fourth-order valence-corrected chi connectivity index (χ4v) is 1.67. The second-order valence-electron chi connectivity index (χ2n) is 5.46. The summed E-state index contributed by atoms with van der Waals surface area (Å²) in [5.74, 6) is -2.44. The van der Waals surface area contributed by atoms with E-state index in [1.54, 1.807) is 20.8 Å². The first-order valence-corrected chi connectivity index (χ1v) is 6.04. The summed E-state index contributed by atoms with van der Waals surface area (Å²) in [6, 6.07) is 2.63. The number of hydrogen-bond donors (Lipinski definition) is 2. The molecule has 1 atom stereocenters. The third kappa shape index (κ3) is 3.69. The maximum atomic E-state index is 13.5. The summed E-state index contributed by atoms with van der Waals surface area (Å²) in [6.45, 7) is 5.09. The molecule has 2 N–H and O–H groups in total. The van der Waals surface area contributed by atoms with Crippen molar-refractivity contribution >= 4 is 11.9 Å². The minimum Gasteiger partial charge on any atom is -0.494 e. The highest BCUT2D eigenvalue weighted by Gasteiger charge is 2.32. The number of benzene rings is 1. The van der Waals surface area contributed by atoms with Gasteiger partial charge in [0.05, 0.1) is 7.11 Å². The molecule has 20 heavy (non-hydrogen) atoms. The van der Waals surface area contributed by atoms with Crippen LogP contribution in [0.25, 0.3) is 0 Å². The lowest BCUT2D eigenvalue weighted by atomic mass is 9.86. The summed E-state index contributed by atoms with van der Waals surface area (Å²) < 4.78 is 18.3. The van der Waals surface area contributed by atoms with E-state index in [4.69, 9.17) is 9.84 Å². The van der Waals surface area contributed by atoms with E-state index < -0.39 is 29.2 Å². The number of ether oxygens (including phenoxy) is 1. The Bertz CT molecular complexity index is 522. The maximum Gasteiger partial charge on any atom is 0.326 e. The molecule has 0 aliphatic carbocycles. The number of carboxylic acids is 1. The molecule has 1 aromatic rings. The number of amides is 1. The predicted molar refractivity (Wildman–Crippen MR) is 71.3 cm³/mol. The van der Waals surface area contributed by atoms with Crippen molar-refractivity contribution in [3.63, 3.8) is 0 Å². The van der Waals surface area contributed by atoms with E-state index in [0.717, 1.165) is 6.07 Å². The first-order chi connectivity index (χ1) is 9.16. The van der Waals surface area contributed by atoms with Crippen molar-refractivity contribution in [2.24, 2.45) is 5.41 Å². The summed E-state index contributed by atoms with van der Waals surface area (Å²) in [4.78, 5) is 23.1. The van der Waals surface area contributed by atoms with Gasteiger partial charge in [0.1, 0.15) is 6.04 Å². The number of methoxy groups -OCH3 is 1. The molecule has 0 bridgehead atoms. The van der Waals surface area contributed by atoms with E-state index >= 15 is 0 Å². The molecule has 5 nitrogen and oxygen atoms in total. The topological polar surface area (TPSA) is 75.6 Å². The maximum absolute atomic E-state index is 13.5. The fourth-order valence-electron chi connectivity index (χ4n) is 1.67. The van der Waals surface area contributed by atoms with Gasteiger partial charge in [-0.15, -0.1) is 0 Å². The zero-order chi connectivity index (χ0) is 15.5. The Labute approximate surface area is 116 Å². The van der Waals surface area contributed by atoms with E-state index in [1.165, 1.54) is 19.2 Å². The monoisotopic (exact) mass is 283 g/mol. The molecule has 0 radical (unpaired) electrons. The molecule has 0 unspecified atom stereocenters. The van der Waals surface area contributed by atoms with Crippen LogP contribution in [0.1, 0.15) is 31.1 Å². The lowest BCUT2D eigenvalue weighted by Gasteiger charge is -2.27. The highest BCUT2D eigenvalue weighted by molar-refractivity contribution is 5.96. The highest BCUT2D eigenvalue weighted by atomic mass is 19.1. The average molecular weight is 283 g/mol. The minimum absolute atomic E-state index is 0.0205. The molecule has 0 heterocycles. The van der Waals surface area contributed by atoms with Crippen LogP contribution in [0, 0.1) is 11.2 Å². The van der Waals surface area contributed by atoms with Crippen LogP contribution >= 0.6 is 0 Å². The Hall–Kier alpha value is -2.11. The Balaban J connectivity index is 2.95. The molecular formula is C14H18FNO4. The van der Waals surface area contributed by atoms with Crippen LogP contribution in [0.3, 0.4) is 0 Å². The second kappa shape index (κ2) is 5.90. The number of carbonyl (C=O) groups excluding carboxylic acids is 1. The SMILES string of the molecule is COc1ccc(C(=O)N[C@H](C(=O)O)C(C)(C)C)cc1F. The van der Waals surface area contributed by atoms with Crippen molar-refractivity contribution in [1.29, 1.82) is 0 Å². The molecule has 110 valence electrons. The third-order valence-corrected chi connectivity index (χ3v) is 2.80. The van der Waals surface area contributed by atoms with Gasteiger partial charge in [0.15, 0.2) is 11.6 Å². The van der Waals surface area contributed by atoms with Crippen LogP contribution in [0.15, 0.2) is 18.2 Å². The van der Waals surface area contributed by atoms with E-state index in [2.05, 4.69) is 5.32 Å². The Morgan fingerprint density at radius 3 is 2.35 bits per heavy atom. The molecule has 0 saturated heterocycles. The van der Waals surface area contributed by atoms with Gasteiger partial charge in [-0.1, -0.05) is 20.8 Å². The first kappa shape index (κ1) is 15.9. The van der Waals surface area contributed by atoms with Gasteiger partial charge in [0.2, 0.25) is 0 Å². The normalized spacial score (nSPS) is 12.7. The molecule has 0 aromatic heterocycles. The number of aliphatic carboxylic acids is 1. The van der Waals surface area contributed by atoms with Gasteiger partial charge < -0.3 is 15.2 Å². The first-order valence-electron chi connectivity index (χ1n) is 6.04. The van der Waals surface area contributed by atoms with Gasteiger partial charge in [0, 0.05) is 5.56 Å². The Kier molecular flexibility index (Phi) is 4.70. The van der Waals surface area contributed by atoms with Crippen LogP contribution < -0.4 is 10.1 Å². The number of nitrogens with one attached hydrogen (secondary N) is 1. The third-order valence-electron chi connectivity index (χ3n) is 2.80. The number of rotatable bonds is 4. The standard InChI is InChI=1S/C14H18FNO4/c1-14(2,3)11(13(18)19)16-12(17)8-5-6-10(20-4)9(15)7-8/h5-7,11H,1-4H3,(H,16,17)(H,18,19)/t11-/m1/s1. The highest BCUT2D eigenvalue weighted by Crippen LogP contribution is 2.21. The minimum atomic E-state index is -1.14. The molecular weight excluding hydrogens is 265 g/mol. The second-order valence-corrected chi connectivity index (χ2v) is 5.46. The van der Waals surface area contributed by atoms with Gasteiger partial charge in [-0.2, -0.15) is 0 Å². The van der Waals surface area contributed by atoms with Crippen molar-refractivity contribution in [3.05, 3.63) is 29.6 Å². The number of hydrogen-bond acceptors (Lipinski definition) is 3. The van der Waals surface area contributed by atoms with Crippen LogP contribution in [0.4, 0.5) is 4.39 Å². The lowest BCUT2D eigenvalue weighted by molar-refractivity contribution is -0.142. The van der Waals surface area contributed by atoms with E-state index in [0.29, 0.717) is 0 Å². The molecule has 1 amide bonds. The number of carboxylic acid groups (broad SMARTS) is 1. The van der Waals surface area contributed by atoms with Crippen molar-refractivity contribution < 1.29 is 23.8 Å². The van der Waals surface area contributed by atoms with Crippen molar-refractivity contribution in [2.75, 3.05) is 7.11 Å². The van der Waals surface area contributed by atoms with E-state index in [1.807, 2.05) is 0 Å². The molecule has 0 aliphatic heterocycles. The van der Waals surface area contributed by atoms with Crippen LogP contribution in [-0.2, 0) is 4.79 Å². The fraction of sp³-hybridized carbons (Fsp3) is 0.429. The summed E-state index contributed by atoms with van der Waals surface area (Å²) in [7, 11) is 1.32. The Morgan fingerprint density at radius 2 is 1.95 bits per heavy atom. The predicted octanol–water partition coefficient (Wildman–Crippen LogP) is 2.06. The summed E-state index contributed by atoms with van der Waals surface area (Å²) in [5.41, 5.74) is -0.620. The Morgan fingerprint density at radius 1 is 1.35 bits per heavy atom. The van der Waals surface area contributed by atoms with Crippen LogP contribution in [0.2, 0.25) is 0 Å². The number of carbonyl (C=O) groups is 2. The van der Waals surface area contributed by atoms with Crippen LogP contribution in [0.5, 0.6) is 5.75 Å². The smallest absolute Gasteiger partial charge is 0.326 e. The zero-order valence-corrected chi connectivity index (χ0v) is 11.9. The zero-order valence-electron chi connectivity index (χ0n) is 11.9. The lowest BCUT2D eigenvalue weighted by Crippen LogP contribution is -2.49. The molecule has 0 aliphatic rings. The largest absolute Gasteiger partial charge is 0.494 e. The molecule has 1 aromatic carbocycles. The molecule has 6 heteroatoms. The molecule has 0 fully saturated rings. The van der Waals surface area contributed by atoms with E-state index in [-0.39, 0.29) is 11.3 Å². The van der Waals surface area contributed by atoms with Gasteiger partial charge in [-0.3, -0.25) is 4.79 Å². The van der Waals surface area contributed by atoms with Gasteiger partial charge in [-0.05, 0) is 23.6 Å². The van der Waals surface area contributed by atoms with Crippen molar-refractivity contribution in [3.8, 4) is 5.75 Å².